The van der Waals surface area contributed by atoms with Crippen LogP contribution >= 0.6 is 0 Å². The van der Waals surface area contributed by atoms with Gasteiger partial charge in [-0.25, -0.2) is 9.97 Å². The van der Waals surface area contributed by atoms with Gasteiger partial charge in [0.2, 0.25) is 0 Å². The number of aromatic nitrogens is 2. The molecule has 0 amide bonds. The molecule has 4 aromatic rings. The molecule has 1 heterocycles. The topological polar surface area (TPSA) is 59.4 Å². The third-order valence-electron chi connectivity index (χ3n) is 4.69. The van der Waals surface area contributed by atoms with E-state index >= 15 is 0 Å². The largest absolute Gasteiger partial charge is 0.497 e. The molecule has 0 atom stereocenters. The Bertz CT molecular complexity index is 1140. The minimum Gasteiger partial charge on any atom is -0.497 e. The molecule has 29 heavy (non-hydrogen) atoms. The van der Waals surface area contributed by atoms with Crippen molar-refractivity contribution in [3.8, 4) is 5.75 Å². The normalized spacial score (nSPS) is 11.4. The molecule has 0 aliphatic rings. The fraction of sp³-hybridized carbons (Fsp3) is 0.125. The Labute approximate surface area is 170 Å². The molecule has 0 spiro atoms. The molecule has 144 valence electrons. The van der Waals surface area contributed by atoms with E-state index in [2.05, 4.69) is 22.7 Å². The molecule has 0 fully saturated rings. The van der Waals surface area contributed by atoms with Crippen molar-refractivity contribution in [1.29, 1.82) is 0 Å². The zero-order valence-corrected chi connectivity index (χ0v) is 16.5. The lowest BCUT2D eigenvalue weighted by atomic mass is 10.1. The van der Waals surface area contributed by atoms with E-state index in [0.717, 1.165) is 33.8 Å². The van der Waals surface area contributed by atoms with Gasteiger partial charge in [-0.3, -0.25) is 5.43 Å². The van der Waals surface area contributed by atoms with Crippen molar-refractivity contribution in [1.82, 2.24) is 9.97 Å². The van der Waals surface area contributed by atoms with Gasteiger partial charge in [0, 0.05) is 6.42 Å². The SMILES string of the molecule is COc1ccc(/C(C)=N\Nc2nc3ccccc3nc2Cc2ccccc2)cc1. The van der Waals surface area contributed by atoms with Crippen LogP contribution in [0.3, 0.4) is 0 Å². The zero-order valence-electron chi connectivity index (χ0n) is 16.5. The van der Waals surface area contributed by atoms with Crippen LogP contribution < -0.4 is 10.2 Å². The molecule has 1 N–H and O–H groups in total. The smallest absolute Gasteiger partial charge is 0.169 e. The van der Waals surface area contributed by atoms with Crippen molar-refractivity contribution in [2.75, 3.05) is 12.5 Å². The van der Waals surface area contributed by atoms with E-state index in [0.29, 0.717) is 12.2 Å². The van der Waals surface area contributed by atoms with Crippen LogP contribution in [-0.4, -0.2) is 22.8 Å². The van der Waals surface area contributed by atoms with Gasteiger partial charge < -0.3 is 4.74 Å². The Balaban J connectivity index is 1.66. The van der Waals surface area contributed by atoms with E-state index in [1.807, 2.05) is 73.7 Å². The molecule has 3 aromatic carbocycles. The van der Waals surface area contributed by atoms with Crippen LogP contribution in [-0.2, 0) is 6.42 Å². The fourth-order valence-electron chi connectivity index (χ4n) is 3.07. The maximum Gasteiger partial charge on any atom is 0.169 e. The number of para-hydroxylation sites is 2. The second kappa shape index (κ2) is 8.52. The summed E-state index contributed by atoms with van der Waals surface area (Å²) >= 11 is 0. The maximum absolute atomic E-state index is 5.22. The Morgan fingerprint density at radius 2 is 1.52 bits per heavy atom. The van der Waals surface area contributed by atoms with Crippen molar-refractivity contribution in [2.24, 2.45) is 5.10 Å². The first-order valence-corrected chi connectivity index (χ1v) is 9.47. The number of rotatable bonds is 6. The van der Waals surface area contributed by atoms with E-state index in [1.54, 1.807) is 7.11 Å². The first kappa shape index (κ1) is 18.6. The molecule has 4 rings (SSSR count). The predicted molar refractivity (Wildman–Crippen MR) is 118 cm³/mol. The summed E-state index contributed by atoms with van der Waals surface area (Å²) in [5.41, 5.74) is 8.75. The highest BCUT2D eigenvalue weighted by Gasteiger charge is 2.10. The van der Waals surface area contributed by atoms with Gasteiger partial charge in [0.05, 0.1) is 29.5 Å². The Morgan fingerprint density at radius 1 is 0.862 bits per heavy atom. The lowest BCUT2D eigenvalue weighted by Gasteiger charge is -2.10. The average molecular weight is 382 g/mol. The zero-order chi connectivity index (χ0) is 20.1. The monoisotopic (exact) mass is 382 g/mol. The van der Waals surface area contributed by atoms with E-state index in [-0.39, 0.29) is 0 Å². The number of fused-ring (bicyclic) bond motifs is 1. The highest BCUT2D eigenvalue weighted by Crippen LogP contribution is 2.20. The minimum atomic E-state index is 0.667. The van der Waals surface area contributed by atoms with Crippen molar-refractivity contribution in [3.63, 3.8) is 0 Å². The third-order valence-corrected chi connectivity index (χ3v) is 4.69. The standard InChI is InChI=1S/C24H22N4O/c1-17(19-12-14-20(29-2)15-13-19)27-28-24-23(16-18-8-4-3-5-9-18)25-21-10-6-7-11-22(21)26-24/h3-15H,16H2,1-2H3,(H,26,28)/b27-17-. The number of benzene rings is 3. The second-order valence-electron chi connectivity index (χ2n) is 6.71. The molecule has 0 aliphatic heterocycles. The highest BCUT2D eigenvalue weighted by atomic mass is 16.5. The van der Waals surface area contributed by atoms with E-state index in [9.17, 15) is 0 Å². The molecular formula is C24H22N4O. The van der Waals surface area contributed by atoms with E-state index < -0.39 is 0 Å². The van der Waals surface area contributed by atoms with Crippen LogP contribution in [0, 0.1) is 0 Å². The molecule has 0 unspecified atom stereocenters. The van der Waals surface area contributed by atoms with Crippen LogP contribution in [0.25, 0.3) is 11.0 Å². The molecule has 0 radical (unpaired) electrons. The molecule has 0 saturated heterocycles. The van der Waals surface area contributed by atoms with Crippen LogP contribution in [0.1, 0.15) is 23.7 Å². The summed E-state index contributed by atoms with van der Waals surface area (Å²) in [6.45, 7) is 1.96. The van der Waals surface area contributed by atoms with Crippen molar-refractivity contribution in [2.45, 2.75) is 13.3 Å². The van der Waals surface area contributed by atoms with E-state index in [4.69, 9.17) is 14.7 Å². The fourth-order valence-corrected chi connectivity index (χ4v) is 3.07. The van der Waals surface area contributed by atoms with Crippen LogP contribution in [0.15, 0.2) is 84.0 Å². The van der Waals surface area contributed by atoms with Crippen molar-refractivity contribution >= 4 is 22.6 Å². The quantitative estimate of drug-likeness (QED) is 0.374. The van der Waals surface area contributed by atoms with Gasteiger partial charge in [-0.05, 0) is 54.4 Å². The summed E-state index contributed by atoms with van der Waals surface area (Å²) in [6.07, 6.45) is 0.679. The first-order valence-electron chi connectivity index (χ1n) is 9.47. The summed E-state index contributed by atoms with van der Waals surface area (Å²) in [5, 5.41) is 4.55. The highest BCUT2D eigenvalue weighted by molar-refractivity contribution is 5.99. The first-order chi connectivity index (χ1) is 14.2. The van der Waals surface area contributed by atoms with Gasteiger partial charge in [-0.1, -0.05) is 42.5 Å². The Morgan fingerprint density at radius 3 is 2.21 bits per heavy atom. The number of hydrazone groups is 1. The maximum atomic E-state index is 5.22. The Hall–Kier alpha value is -3.73. The molecule has 1 aromatic heterocycles. The molecule has 0 saturated carbocycles. The lowest BCUT2D eigenvalue weighted by Crippen LogP contribution is -2.06. The molecule has 0 bridgehead atoms. The van der Waals surface area contributed by atoms with E-state index in [1.165, 1.54) is 5.56 Å². The Kier molecular flexibility index (Phi) is 5.47. The summed E-state index contributed by atoms with van der Waals surface area (Å²) in [7, 11) is 1.66. The summed E-state index contributed by atoms with van der Waals surface area (Å²) in [6, 6.07) is 25.9. The average Bonchev–Trinajstić information content (AvgIpc) is 2.78. The number of methoxy groups -OCH3 is 1. The van der Waals surface area contributed by atoms with Gasteiger partial charge in [0.15, 0.2) is 5.82 Å². The number of hydrogen-bond acceptors (Lipinski definition) is 5. The molecule has 0 aliphatic carbocycles. The van der Waals surface area contributed by atoms with Gasteiger partial charge in [-0.2, -0.15) is 5.10 Å². The minimum absolute atomic E-state index is 0.667. The number of anilines is 1. The number of nitrogens with one attached hydrogen (secondary N) is 1. The summed E-state index contributed by atoms with van der Waals surface area (Å²) in [5.74, 6) is 1.49. The molecule has 5 nitrogen and oxygen atoms in total. The van der Waals surface area contributed by atoms with Crippen molar-refractivity contribution in [3.05, 3.63) is 95.7 Å². The molecule has 5 heteroatoms. The van der Waals surface area contributed by atoms with Crippen LogP contribution in [0.2, 0.25) is 0 Å². The summed E-state index contributed by atoms with van der Waals surface area (Å²) in [4.78, 5) is 9.60. The van der Waals surface area contributed by atoms with Crippen LogP contribution in [0.4, 0.5) is 5.82 Å². The van der Waals surface area contributed by atoms with Gasteiger partial charge in [0.1, 0.15) is 5.75 Å². The van der Waals surface area contributed by atoms with Crippen molar-refractivity contribution < 1.29 is 4.74 Å². The lowest BCUT2D eigenvalue weighted by molar-refractivity contribution is 0.415. The summed E-state index contributed by atoms with van der Waals surface area (Å²) < 4.78 is 5.22. The second-order valence-corrected chi connectivity index (χ2v) is 6.71. The third kappa shape index (κ3) is 4.41. The van der Waals surface area contributed by atoms with Gasteiger partial charge in [-0.15, -0.1) is 0 Å². The van der Waals surface area contributed by atoms with Gasteiger partial charge >= 0.3 is 0 Å². The number of nitrogens with zero attached hydrogens (tertiary/aromatic N) is 3. The number of hydrogen-bond donors (Lipinski definition) is 1. The number of ether oxygens (including phenoxy) is 1. The van der Waals surface area contributed by atoms with Crippen LogP contribution in [0.5, 0.6) is 5.75 Å². The molecular weight excluding hydrogens is 360 g/mol. The van der Waals surface area contributed by atoms with Gasteiger partial charge in [0.25, 0.3) is 0 Å². The predicted octanol–water partition coefficient (Wildman–Crippen LogP) is 5.07.